The highest BCUT2D eigenvalue weighted by atomic mass is 32.2. The van der Waals surface area contributed by atoms with Crippen LogP contribution in [0.15, 0.2) is 12.1 Å². The summed E-state index contributed by atoms with van der Waals surface area (Å²) in [6.45, 7) is 6.61. The quantitative estimate of drug-likeness (QED) is 0.615. The van der Waals surface area contributed by atoms with E-state index in [0.717, 1.165) is 17.4 Å². The van der Waals surface area contributed by atoms with Crippen LogP contribution in [0.4, 0.5) is 0 Å². The van der Waals surface area contributed by atoms with Crippen molar-refractivity contribution in [2.75, 3.05) is 5.75 Å². The molecule has 1 aliphatic rings. The van der Waals surface area contributed by atoms with Gasteiger partial charge in [0.2, 0.25) is 0 Å². The molecule has 3 N–H and O–H groups in total. The Morgan fingerprint density at radius 2 is 1.76 bits per heavy atom. The summed E-state index contributed by atoms with van der Waals surface area (Å²) in [7, 11) is 0. The zero-order valence-corrected chi connectivity index (χ0v) is 14.6. The van der Waals surface area contributed by atoms with Crippen LogP contribution in [0.1, 0.15) is 54.4 Å². The van der Waals surface area contributed by atoms with Gasteiger partial charge in [0, 0.05) is 17.0 Å². The molecule has 118 valence electrons. The molecule has 21 heavy (non-hydrogen) atoms. The fraction of sp³-hybridized carbons (Fsp3) is 0.667. The lowest BCUT2D eigenvalue weighted by Crippen LogP contribution is -2.39. The van der Waals surface area contributed by atoms with Crippen LogP contribution in [0.3, 0.4) is 0 Å². The summed E-state index contributed by atoms with van der Waals surface area (Å²) in [5.74, 6) is 6.92. The summed E-state index contributed by atoms with van der Waals surface area (Å²) in [5, 5.41) is 0.856. The van der Waals surface area contributed by atoms with E-state index in [2.05, 4.69) is 50.1 Å². The molecule has 1 aromatic rings. The van der Waals surface area contributed by atoms with Crippen molar-refractivity contribution < 1.29 is 0 Å². The van der Waals surface area contributed by atoms with Gasteiger partial charge in [-0.3, -0.25) is 11.3 Å². The highest BCUT2D eigenvalue weighted by Gasteiger charge is 2.17. The highest BCUT2D eigenvalue weighted by Crippen LogP contribution is 2.29. The number of nitrogens with one attached hydrogen (secondary N) is 1. The van der Waals surface area contributed by atoms with Crippen LogP contribution in [0.25, 0.3) is 0 Å². The third-order valence-electron chi connectivity index (χ3n) is 4.61. The van der Waals surface area contributed by atoms with E-state index in [1.54, 1.807) is 0 Å². The molecule has 1 atom stereocenters. The molecule has 0 radical (unpaired) electrons. The van der Waals surface area contributed by atoms with Crippen molar-refractivity contribution in [1.82, 2.24) is 5.43 Å². The van der Waals surface area contributed by atoms with Gasteiger partial charge in [0.25, 0.3) is 0 Å². The number of rotatable bonds is 6. The summed E-state index contributed by atoms with van der Waals surface area (Å²) in [6.07, 6.45) is 8.07. The number of hydrazine groups is 1. The van der Waals surface area contributed by atoms with Crippen molar-refractivity contribution >= 4 is 11.8 Å². The molecule has 0 bridgehead atoms. The lowest BCUT2D eigenvalue weighted by Gasteiger charge is -2.24. The normalized spacial score (nSPS) is 17.9. The first kappa shape index (κ1) is 16.9. The summed E-state index contributed by atoms with van der Waals surface area (Å²) in [4.78, 5) is 0. The van der Waals surface area contributed by atoms with Gasteiger partial charge in [0.15, 0.2) is 0 Å². The van der Waals surface area contributed by atoms with E-state index in [0.29, 0.717) is 6.04 Å². The number of aryl methyl sites for hydroxylation is 3. The zero-order chi connectivity index (χ0) is 15.2. The Morgan fingerprint density at radius 1 is 1.14 bits per heavy atom. The lowest BCUT2D eigenvalue weighted by molar-refractivity contribution is 0.513. The molecule has 1 unspecified atom stereocenters. The third kappa shape index (κ3) is 5.01. The molecule has 0 aliphatic heterocycles. The Morgan fingerprint density at radius 3 is 2.33 bits per heavy atom. The molecule has 2 rings (SSSR count). The van der Waals surface area contributed by atoms with E-state index in [1.807, 2.05) is 0 Å². The van der Waals surface area contributed by atoms with Gasteiger partial charge in [-0.05, 0) is 56.7 Å². The van der Waals surface area contributed by atoms with Crippen LogP contribution >= 0.6 is 11.8 Å². The molecular formula is C18H30N2S. The first-order valence-corrected chi connectivity index (χ1v) is 9.29. The van der Waals surface area contributed by atoms with Crippen LogP contribution in [0.2, 0.25) is 0 Å². The third-order valence-corrected chi connectivity index (χ3v) is 6.15. The van der Waals surface area contributed by atoms with E-state index >= 15 is 0 Å². The average molecular weight is 307 g/mol. The second kappa shape index (κ2) is 8.21. The van der Waals surface area contributed by atoms with Crippen LogP contribution < -0.4 is 11.3 Å². The molecule has 1 aromatic carbocycles. The maximum atomic E-state index is 5.80. The maximum Gasteiger partial charge on any atom is 0.0341 e. The average Bonchev–Trinajstić information content (AvgIpc) is 2.47. The van der Waals surface area contributed by atoms with Crippen molar-refractivity contribution in [3.05, 3.63) is 34.4 Å². The fourth-order valence-electron chi connectivity index (χ4n) is 3.43. The van der Waals surface area contributed by atoms with Gasteiger partial charge in [0.05, 0.1) is 0 Å². The Balaban J connectivity index is 1.92. The van der Waals surface area contributed by atoms with Crippen molar-refractivity contribution in [3.8, 4) is 0 Å². The molecule has 0 amide bonds. The van der Waals surface area contributed by atoms with Crippen LogP contribution in [-0.2, 0) is 6.42 Å². The first-order chi connectivity index (χ1) is 10.1. The molecule has 0 saturated heterocycles. The zero-order valence-electron chi connectivity index (χ0n) is 13.7. The van der Waals surface area contributed by atoms with E-state index in [4.69, 9.17) is 5.84 Å². The van der Waals surface area contributed by atoms with E-state index in [1.165, 1.54) is 54.4 Å². The second-order valence-corrected chi connectivity index (χ2v) is 7.87. The van der Waals surface area contributed by atoms with Gasteiger partial charge in [0.1, 0.15) is 0 Å². The molecule has 0 aromatic heterocycles. The van der Waals surface area contributed by atoms with Gasteiger partial charge >= 0.3 is 0 Å². The predicted molar refractivity (Wildman–Crippen MR) is 94.8 cm³/mol. The van der Waals surface area contributed by atoms with Crippen LogP contribution in [0, 0.1) is 20.8 Å². The molecule has 0 heterocycles. The number of nitrogens with two attached hydrogens (primary N) is 1. The van der Waals surface area contributed by atoms with Gasteiger partial charge in [-0.1, -0.05) is 37.0 Å². The van der Waals surface area contributed by atoms with Crippen molar-refractivity contribution in [1.29, 1.82) is 0 Å². The molecule has 1 aliphatic carbocycles. The number of benzene rings is 1. The Hall–Kier alpha value is -0.510. The van der Waals surface area contributed by atoms with E-state index in [-0.39, 0.29) is 0 Å². The molecule has 2 nitrogen and oxygen atoms in total. The molecular weight excluding hydrogens is 276 g/mol. The van der Waals surface area contributed by atoms with E-state index < -0.39 is 0 Å². The van der Waals surface area contributed by atoms with Crippen molar-refractivity contribution in [2.45, 2.75) is 70.6 Å². The number of thioether (sulfide) groups is 1. The summed E-state index contributed by atoms with van der Waals surface area (Å²) in [6, 6.07) is 4.94. The maximum absolute atomic E-state index is 5.80. The first-order valence-electron chi connectivity index (χ1n) is 8.24. The van der Waals surface area contributed by atoms with Crippen molar-refractivity contribution in [3.63, 3.8) is 0 Å². The molecule has 1 saturated carbocycles. The highest BCUT2D eigenvalue weighted by molar-refractivity contribution is 7.99. The second-order valence-electron chi connectivity index (χ2n) is 6.54. The number of hydrogen-bond acceptors (Lipinski definition) is 3. The summed E-state index contributed by atoms with van der Waals surface area (Å²) >= 11 is 2.12. The minimum absolute atomic E-state index is 0.372. The van der Waals surface area contributed by atoms with Crippen molar-refractivity contribution in [2.24, 2.45) is 5.84 Å². The van der Waals surface area contributed by atoms with Crippen LogP contribution in [-0.4, -0.2) is 17.0 Å². The van der Waals surface area contributed by atoms with Gasteiger partial charge in [-0.15, -0.1) is 0 Å². The Labute approximate surface area is 134 Å². The largest absolute Gasteiger partial charge is 0.271 e. The van der Waals surface area contributed by atoms with Gasteiger partial charge in [-0.2, -0.15) is 11.8 Å². The summed E-state index contributed by atoms with van der Waals surface area (Å²) in [5.41, 5.74) is 8.65. The molecule has 1 fully saturated rings. The predicted octanol–water partition coefficient (Wildman–Crippen LogP) is 4.05. The topological polar surface area (TPSA) is 38.0 Å². The number of hydrogen-bond donors (Lipinski definition) is 2. The Kier molecular flexibility index (Phi) is 6.59. The van der Waals surface area contributed by atoms with Crippen LogP contribution in [0.5, 0.6) is 0 Å². The molecule has 0 spiro atoms. The lowest BCUT2D eigenvalue weighted by atomic mass is 9.95. The van der Waals surface area contributed by atoms with E-state index in [9.17, 15) is 0 Å². The molecule has 3 heteroatoms. The summed E-state index contributed by atoms with van der Waals surface area (Å²) < 4.78 is 0. The minimum atomic E-state index is 0.372. The SMILES string of the molecule is Cc1cc(C)c(CC(CSC2CCCCC2)NN)c(C)c1. The smallest absolute Gasteiger partial charge is 0.0341 e. The standard InChI is InChI=1S/C18H30N2S/c1-13-9-14(2)18(15(3)10-13)11-16(20-19)12-21-17-7-5-4-6-8-17/h9-10,16-17,20H,4-8,11-12,19H2,1-3H3. The minimum Gasteiger partial charge on any atom is -0.271 e. The monoisotopic (exact) mass is 306 g/mol. The fourth-order valence-corrected chi connectivity index (χ4v) is 4.81. The van der Waals surface area contributed by atoms with Gasteiger partial charge < -0.3 is 0 Å². The van der Waals surface area contributed by atoms with Gasteiger partial charge in [-0.25, -0.2) is 0 Å². The Bertz CT molecular complexity index is 430.